The SMILES string of the molecule is CCOc1ccc(NC(=O)C2CCOCC2)cc1CBr. The van der Waals surface area contributed by atoms with E-state index in [0.717, 1.165) is 29.8 Å². The van der Waals surface area contributed by atoms with Crippen LogP contribution in [0, 0.1) is 5.92 Å². The Morgan fingerprint density at radius 2 is 2.20 bits per heavy atom. The van der Waals surface area contributed by atoms with Crippen molar-refractivity contribution in [3.8, 4) is 5.75 Å². The first-order chi connectivity index (χ1) is 9.74. The van der Waals surface area contributed by atoms with E-state index in [1.165, 1.54) is 0 Å². The maximum absolute atomic E-state index is 12.2. The summed E-state index contributed by atoms with van der Waals surface area (Å²) in [6.07, 6.45) is 1.60. The second kappa shape index (κ2) is 7.64. The molecule has 1 aromatic rings. The Morgan fingerprint density at radius 3 is 2.85 bits per heavy atom. The smallest absolute Gasteiger partial charge is 0.227 e. The van der Waals surface area contributed by atoms with Gasteiger partial charge in [-0.15, -0.1) is 0 Å². The van der Waals surface area contributed by atoms with Gasteiger partial charge in [0.05, 0.1) is 6.61 Å². The van der Waals surface area contributed by atoms with Crippen molar-refractivity contribution in [1.29, 1.82) is 0 Å². The molecule has 1 heterocycles. The van der Waals surface area contributed by atoms with Crippen LogP contribution in [-0.4, -0.2) is 25.7 Å². The lowest BCUT2D eigenvalue weighted by Gasteiger charge is -2.21. The minimum atomic E-state index is 0.0581. The first-order valence-corrected chi connectivity index (χ1v) is 8.07. The fraction of sp³-hybridized carbons (Fsp3) is 0.533. The molecule has 1 aromatic carbocycles. The first-order valence-electron chi connectivity index (χ1n) is 6.95. The molecule has 0 aliphatic carbocycles. The van der Waals surface area contributed by atoms with Crippen molar-refractivity contribution in [1.82, 2.24) is 0 Å². The summed E-state index contributed by atoms with van der Waals surface area (Å²) in [5, 5.41) is 3.68. The molecule has 2 rings (SSSR count). The monoisotopic (exact) mass is 341 g/mol. The average molecular weight is 342 g/mol. The van der Waals surface area contributed by atoms with Gasteiger partial charge in [-0.05, 0) is 38.0 Å². The summed E-state index contributed by atoms with van der Waals surface area (Å²) in [5.74, 6) is 0.995. The lowest BCUT2D eigenvalue weighted by molar-refractivity contribution is -0.122. The number of amides is 1. The predicted octanol–water partition coefficient (Wildman–Crippen LogP) is 3.35. The lowest BCUT2D eigenvalue weighted by Crippen LogP contribution is -2.28. The number of ether oxygens (including phenoxy) is 2. The van der Waals surface area contributed by atoms with Gasteiger partial charge in [0.25, 0.3) is 0 Å². The molecule has 0 atom stereocenters. The van der Waals surface area contributed by atoms with Gasteiger partial charge in [0, 0.05) is 35.7 Å². The van der Waals surface area contributed by atoms with E-state index in [4.69, 9.17) is 9.47 Å². The van der Waals surface area contributed by atoms with Crippen LogP contribution < -0.4 is 10.1 Å². The topological polar surface area (TPSA) is 47.6 Å². The van der Waals surface area contributed by atoms with Crippen molar-refractivity contribution in [2.45, 2.75) is 25.1 Å². The summed E-state index contributed by atoms with van der Waals surface area (Å²) in [4.78, 5) is 12.2. The zero-order valence-electron chi connectivity index (χ0n) is 11.7. The minimum Gasteiger partial charge on any atom is -0.494 e. The predicted molar refractivity (Wildman–Crippen MR) is 82.4 cm³/mol. The second-order valence-electron chi connectivity index (χ2n) is 4.77. The standard InChI is InChI=1S/C15H20BrNO3/c1-2-20-14-4-3-13(9-12(14)10-16)17-15(18)11-5-7-19-8-6-11/h3-4,9,11H,2,5-8,10H2,1H3,(H,17,18). The highest BCUT2D eigenvalue weighted by Crippen LogP contribution is 2.26. The summed E-state index contributed by atoms with van der Waals surface area (Å²) in [5.41, 5.74) is 1.86. The van der Waals surface area contributed by atoms with Crippen LogP contribution >= 0.6 is 15.9 Å². The number of hydrogen-bond acceptors (Lipinski definition) is 3. The fourth-order valence-electron chi connectivity index (χ4n) is 2.26. The van der Waals surface area contributed by atoms with E-state index in [-0.39, 0.29) is 11.8 Å². The number of rotatable bonds is 5. The molecule has 1 saturated heterocycles. The Labute approximate surface area is 128 Å². The molecule has 110 valence electrons. The van der Waals surface area contributed by atoms with Gasteiger partial charge in [0.15, 0.2) is 0 Å². The molecule has 5 heteroatoms. The molecule has 0 aromatic heterocycles. The third kappa shape index (κ3) is 3.96. The molecule has 0 bridgehead atoms. The summed E-state index contributed by atoms with van der Waals surface area (Å²) >= 11 is 3.45. The molecular formula is C15H20BrNO3. The largest absolute Gasteiger partial charge is 0.494 e. The molecule has 0 radical (unpaired) electrons. The summed E-state index contributed by atoms with van der Waals surface area (Å²) in [6, 6.07) is 5.74. The first kappa shape index (κ1) is 15.3. The van der Waals surface area contributed by atoms with Gasteiger partial charge in [0.2, 0.25) is 5.91 Å². The summed E-state index contributed by atoms with van der Waals surface area (Å²) in [7, 11) is 0. The molecule has 0 saturated carbocycles. The van der Waals surface area contributed by atoms with E-state index in [1.807, 2.05) is 25.1 Å². The van der Waals surface area contributed by atoms with E-state index >= 15 is 0 Å². The fourth-order valence-corrected chi connectivity index (χ4v) is 2.70. The van der Waals surface area contributed by atoms with E-state index in [0.29, 0.717) is 25.2 Å². The van der Waals surface area contributed by atoms with Crippen LogP contribution in [0.15, 0.2) is 18.2 Å². The molecule has 1 N–H and O–H groups in total. The molecular weight excluding hydrogens is 322 g/mol. The van der Waals surface area contributed by atoms with Gasteiger partial charge in [-0.3, -0.25) is 4.79 Å². The number of nitrogens with one attached hydrogen (secondary N) is 1. The molecule has 1 aliphatic rings. The van der Waals surface area contributed by atoms with E-state index in [2.05, 4.69) is 21.2 Å². The third-order valence-electron chi connectivity index (χ3n) is 3.36. The molecule has 1 amide bonds. The van der Waals surface area contributed by atoms with Gasteiger partial charge in [-0.25, -0.2) is 0 Å². The number of anilines is 1. The van der Waals surface area contributed by atoms with Crippen molar-refractivity contribution in [3.63, 3.8) is 0 Å². The van der Waals surface area contributed by atoms with Crippen LogP contribution in [0.3, 0.4) is 0 Å². The maximum Gasteiger partial charge on any atom is 0.227 e. The van der Waals surface area contributed by atoms with E-state index in [1.54, 1.807) is 0 Å². The lowest BCUT2D eigenvalue weighted by atomic mass is 9.99. The molecule has 1 aliphatic heterocycles. The van der Waals surface area contributed by atoms with Gasteiger partial charge in [-0.2, -0.15) is 0 Å². The number of benzene rings is 1. The highest BCUT2D eigenvalue weighted by Gasteiger charge is 2.21. The summed E-state index contributed by atoms with van der Waals surface area (Å²) in [6.45, 7) is 3.94. The Balaban J connectivity index is 2.03. The molecule has 0 spiro atoms. The van der Waals surface area contributed by atoms with Crippen molar-refractivity contribution in [3.05, 3.63) is 23.8 Å². The van der Waals surface area contributed by atoms with Gasteiger partial charge in [0.1, 0.15) is 5.75 Å². The number of alkyl halides is 1. The highest BCUT2D eigenvalue weighted by molar-refractivity contribution is 9.08. The van der Waals surface area contributed by atoms with Crippen molar-refractivity contribution in [2.75, 3.05) is 25.1 Å². The molecule has 4 nitrogen and oxygen atoms in total. The Hall–Kier alpha value is -1.07. The van der Waals surface area contributed by atoms with Crippen LogP contribution in [-0.2, 0) is 14.9 Å². The van der Waals surface area contributed by atoms with E-state index in [9.17, 15) is 4.79 Å². The molecule has 20 heavy (non-hydrogen) atoms. The van der Waals surface area contributed by atoms with Crippen LogP contribution in [0.1, 0.15) is 25.3 Å². The normalized spacial score (nSPS) is 15.9. The number of hydrogen-bond donors (Lipinski definition) is 1. The maximum atomic E-state index is 12.2. The van der Waals surface area contributed by atoms with Crippen LogP contribution in [0.2, 0.25) is 0 Å². The van der Waals surface area contributed by atoms with Crippen molar-refractivity contribution < 1.29 is 14.3 Å². The van der Waals surface area contributed by atoms with Crippen LogP contribution in [0.4, 0.5) is 5.69 Å². The Morgan fingerprint density at radius 1 is 1.45 bits per heavy atom. The number of carbonyl (C=O) groups excluding carboxylic acids is 1. The van der Waals surface area contributed by atoms with Crippen LogP contribution in [0.25, 0.3) is 0 Å². The van der Waals surface area contributed by atoms with Crippen LogP contribution in [0.5, 0.6) is 5.75 Å². The zero-order chi connectivity index (χ0) is 14.4. The summed E-state index contributed by atoms with van der Waals surface area (Å²) < 4.78 is 10.8. The second-order valence-corrected chi connectivity index (χ2v) is 5.33. The van der Waals surface area contributed by atoms with Gasteiger partial charge < -0.3 is 14.8 Å². The Kier molecular flexibility index (Phi) is 5.86. The molecule has 0 unspecified atom stereocenters. The quantitative estimate of drug-likeness (QED) is 0.835. The minimum absolute atomic E-state index is 0.0581. The van der Waals surface area contributed by atoms with Gasteiger partial charge in [-0.1, -0.05) is 15.9 Å². The Bertz CT molecular complexity index is 458. The zero-order valence-corrected chi connectivity index (χ0v) is 13.2. The average Bonchev–Trinajstić information content (AvgIpc) is 2.50. The van der Waals surface area contributed by atoms with E-state index < -0.39 is 0 Å². The van der Waals surface area contributed by atoms with Crippen molar-refractivity contribution >= 4 is 27.5 Å². The number of carbonyl (C=O) groups is 1. The molecule has 1 fully saturated rings. The number of halogens is 1. The van der Waals surface area contributed by atoms with Crippen molar-refractivity contribution in [2.24, 2.45) is 5.92 Å². The third-order valence-corrected chi connectivity index (χ3v) is 3.97. The highest BCUT2D eigenvalue weighted by atomic mass is 79.9. The van der Waals surface area contributed by atoms with Gasteiger partial charge >= 0.3 is 0 Å².